The first kappa shape index (κ1) is 14.8. The van der Waals surface area contributed by atoms with Gasteiger partial charge in [0.1, 0.15) is 0 Å². The van der Waals surface area contributed by atoms with Gasteiger partial charge in [0, 0.05) is 24.2 Å². The summed E-state index contributed by atoms with van der Waals surface area (Å²) in [5.74, 6) is 1.04. The number of nitrogens with one attached hydrogen (secondary N) is 1. The molecule has 2 nitrogen and oxygen atoms in total. The summed E-state index contributed by atoms with van der Waals surface area (Å²) < 4.78 is 0. The van der Waals surface area contributed by atoms with Crippen molar-refractivity contribution in [3.63, 3.8) is 0 Å². The van der Waals surface area contributed by atoms with Crippen LogP contribution in [-0.4, -0.2) is 36.1 Å². The molecule has 2 unspecified atom stereocenters. The third-order valence-corrected chi connectivity index (χ3v) is 6.35. The van der Waals surface area contributed by atoms with Crippen LogP contribution in [0, 0.1) is 5.92 Å². The molecular formula is C18H34N2. The molecule has 2 bridgehead atoms. The number of fused-ring (bicyclic) bond motifs is 2. The summed E-state index contributed by atoms with van der Waals surface area (Å²) in [7, 11) is 2.36. The maximum Gasteiger partial charge on any atom is 0.0110 e. The van der Waals surface area contributed by atoms with Crippen molar-refractivity contribution in [1.82, 2.24) is 10.2 Å². The second-order valence-corrected chi connectivity index (χ2v) is 7.75. The molecule has 1 N–H and O–H groups in total. The summed E-state index contributed by atoms with van der Waals surface area (Å²) in [5, 5.41) is 4.04. The van der Waals surface area contributed by atoms with Crippen LogP contribution in [-0.2, 0) is 0 Å². The lowest BCUT2D eigenvalue weighted by Crippen LogP contribution is -2.56. The van der Waals surface area contributed by atoms with Crippen LogP contribution in [0.25, 0.3) is 0 Å². The second kappa shape index (κ2) is 6.79. The average molecular weight is 278 g/mol. The first-order valence-corrected chi connectivity index (χ1v) is 9.24. The Morgan fingerprint density at radius 3 is 2.15 bits per heavy atom. The van der Waals surface area contributed by atoms with E-state index in [-0.39, 0.29) is 0 Å². The predicted molar refractivity (Wildman–Crippen MR) is 86.0 cm³/mol. The van der Waals surface area contributed by atoms with Crippen LogP contribution in [0.15, 0.2) is 0 Å². The average Bonchev–Trinajstić information content (AvgIpc) is 2.42. The van der Waals surface area contributed by atoms with Gasteiger partial charge < -0.3 is 10.2 Å². The molecular weight excluding hydrogens is 244 g/mol. The number of piperidine rings is 2. The summed E-state index contributed by atoms with van der Waals surface area (Å²) in [6.45, 7) is 2.33. The maximum absolute atomic E-state index is 4.04. The van der Waals surface area contributed by atoms with Crippen molar-refractivity contribution in [2.24, 2.45) is 5.92 Å². The van der Waals surface area contributed by atoms with E-state index in [9.17, 15) is 0 Å². The summed E-state index contributed by atoms with van der Waals surface area (Å²) in [6.07, 6.45) is 15.8. The van der Waals surface area contributed by atoms with Crippen molar-refractivity contribution < 1.29 is 0 Å². The summed E-state index contributed by atoms with van der Waals surface area (Å²) in [6, 6.07) is 3.39. The second-order valence-electron chi connectivity index (χ2n) is 7.75. The van der Waals surface area contributed by atoms with Crippen LogP contribution in [0.2, 0.25) is 0 Å². The Balaban J connectivity index is 1.45. The maximum atomic E-state index is 4.04. The molecule has 0 aromatic rings. The molecule has 3 aliphatic rings. The minimum atomic E-state index is 0.814. The first-order valence-electron chi connectivity index (χ1n) is 9.24. The van der Waals surface area contributed by atoms with Crippen molar-refractivity contribution in [2.75, 3.05) is 7.05 Å². The summed E-state index contributed by atoms with van der Waals surface area (Å²) in [5.41, 5.74) is 0. The zero-order chi connectivity index (χ0) is 13.9. The molecule has 0 spiro atoms. The molecule has 0 aromatic heterocycles. The fourth-order valence-electron chi connectivity index (χ4n) is 5.11. The van der Waals surface area contributed by atoms with Crippen molar-refractivity contribution >= 4 is 0 Å². The van der Waals surface area contributed by atoms with E-state index in [1.807, 2.05) is 0 Å². The summed E-state index contributed by atoms with van der Waals surface area (Å²) >= 11 is 0. The molecule has 0 aromatic carbocycles. The Morgan fingerprint density at radius 2 is 1.55 bits per heavy atom. The Kier molecular flexibility index (Phi) is 5.04. The third-order valence-electron chi connectivity index (χ3n) is 6.35. The van der Waals surface area contributed by atoms with Gasteiger partial charge in [-0.2, -0.15) is 0 Å². The van der Waals surface area contributed by atoms with E-state index in [0.717, 1.165) is 30.1 Å². The van der Waals surface area contributed by atoms with Gasteiger partial charge in [0.05, 0.1) is 0 Å². The van der Waals surface area contributed by atoms with Crippen LogP contribution in [0.4, 0.5) is 0 Å². The standard InChI is InChI=1S/C18H34N2/c1-3-5-14-8-10-15(11-9-14)19-16-12-17-6-4-7-18(13-16)20(17)2/h14-19H,3-13H2,1-2H3. The third kappa shape index (κ3) is 3.39. The highest BCUT2D eigenvalue weighted by molar-refractivity contribution is 4.94. The highest BCUT2D eigenvalue weighted by Crippen LogP contribution is 2.34. The SMILES string of the molecule is CCCC1CCC(NC2CC3CCCC(C2)N3C)CC1. The Hall–Kier alpha value is -0.0800. The highest BCUT2D eigenvalue weighted by atomic mass is 15.2. The predicted octanol–water partition coefficient (Wildman–Crippen LogP) is 3.95. The molecule has 2 heterocycles. The minimum Gasteiger partial charge on any atom is -0.311 e. The molecule has 1 aliphatic carbocycles. The van der Waals surface area contributed by atoms with Crippen LogP contribution in [0.5, 0.6) is 0 Å². The Labute approximate surface area is 125 Å². The molecule has 2 saturated heterocycles. The smallest absolute Gasteiger partial charge is 0.0110 e. The Bertz CT molecular complexity index is 282. The van der Waals surface area contributed by atoms with Crippen molar-refractivity contribution in [1.29, 1.82) is 0 Å². The van der Waals surface area contributed by atoms with Crippen LogP contribution >= 0.6 is 0 Å². The molecule has 0 radical (unpaired) electrons. The monoisotopic (exact) mass is 278 g/mol. The van der Waals surface area contributed by atoms with Gasteiger partial charge in [0.15, 0.2) is 0 Å². The van der Waals surface area contributed by atoms with Gasteiger partial charge in [-0.25, -0.2) is 0 Å². The van der Waals surface area contributed by atoms with Crippen LogP contribution in [0.3, 0.4) is 0 Å². The van der Waals surface area contributed by atoms with Crippen molar-refractivity contribution in [2.45, 2.75) is 102 Å². The van der Waals surface area contributed by atoms with E-state index in [1.165, 1.54) is 70.6 Å². The van der Waals surface area contributed by atoms with E-state index in [1.54, 1.807) is 0 Å². The molecule has 20 heavy (non-hydrogen) atoms. The van der Waals surface area contributed by atoms with Gasteiger partial charge in [-0.15, -0.1) is 0 Å². The fraction of sp³-hybridized carbons (Fsp3) is 1.00. The normalized spacial score (nSPS) is 42.6. The van der Waals surface area contributed by atoms with E-state index in [2.05, 4.69) is 24.2 Å². The fourth-order valence-corrected chi connectivity index (χ4v) is 5.11. The number of hydrogen-bond acceptors (Lipinski definition) is 2. The van der Waals surface area contributed by atoms with Crippen molar-refractivity contribution in [3.05, 3.63) is 0 Å². The van der Waals surface area contributed by atoms with E-state index in [4.69, 9.17) is 0 Å². The molecule has 0 amide bonds. The molecule has 2 aliphatic heterocycles. The zero-order valence-corrected chi connectivity index (χ0v) is 13.6. The molecule has 3 rings (SSSR count). The quantitative estimate of drug-likeness (QED) is 0.837. The molecule has 1 saturated carbocycles. The lowest BCUT2D eigenvalue weighted by molar-refractivity contribution is 0.0437. The van der Waals surface area contributed by atoms with Gasteiger partial charge in [-0.3, -0.25) is 0 Å². The van der Waals surface area contributed by atoms with E-state index in [0.29, 0.717) is 0 Å². The summed E-state index contributed by atoms with van der Waals surface area (Å²) in [4.78, 5) is 2.68. The molecule has 2 atom stereocenters. The topological polar surface area (TPSA) is 15.3 Å². The highest BCUT2D eigenvalue weighted by Gasteiger charge is 2.36. The number of hydrogen-bond donors (Lipinski definition) is 1. The van der Waals surface area contributed by atoms with Crippen LogP contribution in [0.1, 0.15) is 77.6 Å². The largest absolute Gasteiger partial charge is 0.311 e. The number of rotatable bonds is 4. The van der Waals surface area contributed by atoms with Gasteiger partial charge in [0.25, 0.3) is 0 Å². The van der Waals surface area contributed by atoms with Crippen LogP contribution < -0.4 is 5.32 Å². The van der Waals surface area contributed by atoms with E-state index >= 15 is 0 Å². The molecule has 3 fully saturated rings. The molecule has 116 valence electrons. The lowest BCUT2D eigenvalue weighted by Gasteiger charge is -2.48. The minimum absolute atomic E-state index is 0.814. The van der Waals surface area contributed by atoms with Gasteiger partial charge in [0.2, 0.25) is 0 Å². The number of nitrogens with zero attached hydrogens (tertiary/aromatic N) is 1. The zero-order valence-electron chi connectivity index (χ0n) is 13.6. The van der Waals surface area contributed by atoms with Crippen molar-refractivity contribution in [3.8, 4) is 0 Å². The van der Waals surface area contributed by atoms with Gasteiger partial charge in [-0.1, -0.05) is 26.2 Å². The van der Waals surface area contributed by atoms with Gasteiger partial charge in [-0.05, 0) is 64.3 Å². The first-order chi connectivity index (χ1) is 9.76. The molecule has 2 heteroatoms. The van der Waals surface area contributed by atoms with E-state index < -0.39 is 0 Å². The van der Waals surface area contributed by atoms with Gasteiger partial charge >= 0.3 is 0 Å². The Morgan fingerprint density at radius 1 is 0.900 bits per heavy atom. The lowest BCUT2D eigenvalue weighted by atomic mass is 9.80.